The first-order valence-corrected chi connectivity index (χ1v) is 7.82. The van der Waals surface area contributed by atoms with E-state index < -0.39 is 6.10 Å². The monoisotopic (exact) mass is 330 g/mol. The number of carbonyl (C=O) groups excluding carboxylic acids is 1. The van der Waals surface area contributed by atoms with Crippen LogP contribution in [0, 0.1) is 6.92 Å². The molecular weight excluding hydrogens is 308 g/mol. The van der Waals surface area contributed by atoms with Gasteiger partial charge in [0.1, 0.15) is 18.5 Å². The van der Waals surface area contributed by atoms with Crippen molar-refractivity contribution in [3.05, 3.63) is 65.2 Å². The summed E-state index contributed by atoms with van der Waals surface area (Å²) in [5.41, 5.74) is 2.11. The van der Waals surface area contributed by atoms with E-state index in [0.29, 0.717) is 16.9 Å². The smallest absolute Gasteiger partial charge is 0.196 e. The van der Waals surface area contributed by atoms with Gasteiger partial charge in [-0.15, -0.1) is 0 Å². The molecule has 24 heavy (non-hydrogen) atoms. The summed E-state index contributed by atoms with van der Waals surface area (Å²) in [4.78, 5) is 12.8. The molecule has 2 rings (SSSR count). The van der Waals surface area contributed by atoms with Gasteiger partial charge >= 0.3 is 0 Å². The van der Waals surface area contributed by atoms with Crippen LogP contribution in [0.25, 0.3) is 0 Å². The summed E-state index contributed by atoms with van der Waals surface area (Å²) in [5, 5.41) is 17.9. The molecule has 0 saturated heterocycles. The minimum Gasteiger partial charge on any atom is -0.491 e. The first-order valence-electron chi connectivity index (χ1n) is 7.82. The van der Waals surface area contributed by atoms with E-state index in [9.17, 15) is 4.79 Å². The zero-order chi connectivity index (χ0) is 17.4. The summed E-state index contributed by atoms with van der Waals surface area (Å²) in [7, 11) is 0. The lowest BCUT2D eigenvalue weighted by molar-refractivity contribution is 0.0264. The molecule has 0 heterocycles. The molecule has 0 bridgehead atoms. The number of benzene rings is 2. The number of aliphatic hydroxyl groups is 2. The number of aryl methyl sites for hydroxylation is 1. The largest absolute Gasteiger partial charge is 0.491 e. The van der Waals surface area contributed by atoms with Gasteiger partial charge in [0.2, 0.25) is 0 Å². The fourth-order valence-corrected chi connectivity index (χ4v) is 2.42. The SMILES string of the molecule is Cc1cc(OCCO)cc(C(OCCO)C(=O)c2ccccc2)c1. The van der Waals surface area contributed by atoms with Crippen molar-refractivity contribution < 1.29 is 24.5 Å². The van der Waals surface area contributed by atoms with Gasteiger partial charge in [0.05, 0.1) is 19.8 Å². The standard InChI is InChI=1S/C19H22O5/c1-14-11-16(13-17(12-14)23-9-7-20)19(24-10-8-21)18(22)15-5-3-2-4-6-15/h2-6,11-13,19-21H,7-10H2,1H3. The summed E-state index contributed by atoms with van der Waals surface area (Å²) in [6.07, 6.45) is -0.823. The van der Waals surface area contributed by atoms with Gasteiger partial charge in [-0.1, -0.05) is 36.4 Å². The van der Waals surface area contributed by atoms with Crippen LogP contribution in [0.2, 0.25) is 0 Å². The number of Topliss-reactive ketones (excluding diaryl/α,β-unsaturated/α-hetero) is 1. The van der Waals surface area contributed by atoms with E-state index in [1.807, 2.05) is 25.1 Å². The minimum absolute atomic E-state index is 0.0595. The van der Waals surface area contributed by atoms with Crippen molar-refractivity contribution in [3.63, 3.8) is 0 Å². The topological polar surface area (TPSA) is 76.0 Å². The fraction of sp³-hybridized carbons (Fsp3) is 0.316. The van der Waals surface area contributed by atoms with E-state index in [0.717, 1.165) is 5.56 Å². The van der Waals surface area contributed by atoms with Crippen molar-refractivity contribution >= 4 is 5.78 Å². The van der Waals surface area contributed by atoms with Crippen LogP contribution in [-0.4, -0.2) is 42.4 Å². The lowest BCUT2D eigenvalue weighted by Crippen LogP contribution is -2.18. The predicted octanol–water partition coefficient (Wildman–Crippen LogP) is 2.30. The predicted molar refractivity (Wildman–Crippen MR) is 90.3 cm³/mol. The Bertz CT molecular complexity index is 654. The highest BCUT2D eigenvalue weighted by Crippen LogP contribution is 2.27. The Morgan fingerprint density at radius 3 is 2.42 bits per heavy atom. The van der Waals surface area contributed by atoms with E-state index >= 15 is 0 Å². The van der Waals surface area contributed by atoms with E-state index in [-0.39, 0.29) is 32.2 Å². The molecule has 5 heteroatoms. The number of ketones is 1. The van der Waals surface area contributed by atoms with Crippen LogP contribution in [0.4, 0.5) is 0 Å². The summed E-state index contributed by atoms with van der Waals surface area (Å²) in [6.45, 7) is 1.88. The van der Waals surface area contributed by atoms with Crippen LogP contribution >= 0.6 is 0 Å². The van der Waals surface area contributed by atoms with Crippen molar-refractivity contribution in [2.24, 2.45) is 0 Å². The molecule has 0 fully saturated rings. The van der Waals surface area contributed by atoms with Gasteiger partial charge in [-0.3, -0.25) is 4.79 Å². The molecule has 2 aromatic rings. The third-order valence-corrected chi connectivity index (χ3v) is 3.41. The number of ether oxygens (including phenoxy) is 2. The highest BCUT2D eigenvalue weighted by Gasteiger charge is 2.23. The van der Waals surface area contributed by atoms with Crippen LogP contribution in [0.5, 0.6) is 5.75 Å². The Kier molecular flexibility index (Phi) is 6.93. The molecule has 2 aromatic carbocycles. The maximum absolute atomic E-state index is 12.8. The van der Waals surface area contributed by atoms with Crippen LogP contribution in [0.15, 0.2) is 48.5 Å². The molecule has 0 aliphatic heterocycles. The van der Waals surface area contributed by atoms with Gasteiger partial charge in [-0.2, -0.15) is 0 Å². The van der Waals surface area contributed by atoms with Crippen molar-refractivity contribution in [3.8, 4) is 5.75 Å². The highest BCUT2D eigenvalue weighted by molar-refractivity contribution is 6.00. The fourth-order valence-electron chi connectivity index (χ4n) is 2.42. The third-order valence-electron chi connectivity index (χ3n) is 3.41. The van der Waals surface area contributed by atoms with Gasteiger partial charge in [-0.05, 0) is 30.2 Å². The van der Waals surface area contributed by atoms with Crippen LogP contribution in [0.3, 0.4) is 0 Å². The Morgan fingerprint density at radius 1 is 1.04 bits per heavy atom. The second-order valence-electron chi connectivity index (χ2n) is 5.36. The van der Waals surface area contributed by atoms with Gasteiger partial charge in [0.25, 0.3) is 0 Å². The Hall–Kier alpha value is -2.21. The van der Waals surface area contributed by atoms with E-state index in [2.05, 4.69) is 0 Å². The average Bonchev–Trinajstić information content (AvgIpc) is 2.60. The molecular formula is C19H22O5. The van der Waals surface area contributed by atoms with Gasteiger partial charge in [0.15, 0.2) is 5.78 Å². The summed E-state index contributed by atoms with van der Waals surface area (Å²) < 4.78 is 11.1. The Labute approximate surface area is 141 Å². The molecule has 0 aliphatic carbocycles. The van der Waals surface area contributed by atoms with Crippen molar-refractivity contribution in [2.75, 3.05) is 26.4 Å². The number of hydrogen-bond donors (Lipinski definition) is 2. The molecule has 128 valence electrons. The maximum atomic E-state index is 12.8. The number of hydrogen-bond acceptors (Lipinski definition) is 5. The molecule has 5 nitrogen and oxygen atoms in total. The van der Waals surface area contributed by atoms with E-state index in [1.165, 1.54) is 0 Å². The minimum atomic E-state index is -0.823. The molecule has 0 amide bonds. The van der Waals surface area contributed by atoms with Gasteiger partial charge in [0, 0.05) is 5.56 Å². The van der Waals surface area contributed by atoms with Crippen molar-refractivity contribution in [1.29, 1.82) is 0 Å². The summed E-state index contributed by atoms with van der Waals surface area (Å²) in [6, 6.07) is 14.3. The molecule has 0 radical (unpaired) electrons. The van der Waals surface area contributed by atoms with Crippen LogP contribution in [0.1, 0.15) is 27.6 Å². The lowest BCUT2D eigenvalue weighted by atomic mass is 9.98. The van der Waals surface area contributed by atoms with Gasteiger partial charge < -0.3 is 19.7 Å². The quantitative estimate of drug-likeness (QED) is 0.690. The number of carbonyl (C=O) groups is 1. The normalized spacial score (nSPS) is 12.0. The third kappa shape index (κ3) is 4.89. The highest BCUT2D eigenvalue weighted by atomic mass is 16.5. The van der Waals surface area contributed by atoms with Gasteiger partial charge in [-0.25, -0.2) is 0 Å². The van der Waals surface area contributed by atoms with Crippen molar-refractivity contribution in [1.82, 2.24) is 0 Å². The molecule has 1 atom stereocenters. The number of aliphatic hydroxyl groups excluding tert-OH is 2. The Morgan fingerprint density at radius 2 is 1.75 bits per heavy atom. The Balaban J connectivity index is 2.33. The zero-order valence-corrected chi connectivity index (χ0v) is 13.6. The first-order chi connectivity index (χ1) is 11.7. The van der Waals surface area contributed by atoms with E-state index in [4.69, 9.17) is 19.7 Å². The van der Waals surface area contributed by atoms with Crippen LogP contribution in [-0.2, 0) is 4.74 Å². The number of rotatable bonds is 9. The molecule has 0 saturated carbocycles. The van der Waals surface area contributed by atoms with Crippen molar-refractivity contribution in [2.45, 2.75) is 13.0 Å². The molecule has 2 N–H and O–H groups in total. The van der Waals surface area contributed by atoms with Crippen LogP contribution < -0.4 is 4.74 Å². The summed E-state index contributed by atoms with van der Waals surface area (Å²) in [5.74, 6) is 0.389. The second kappa shape index (κ2) is 9.17. The lowest BCUT2D eigenvalue weighted by Gasteiger charge is -2.18. The molecule has 0 aromatic heterocycles. The molecule has 1 unspecified atom stereocenters. The maximum Gasteiger partial charge on any atom is 0.196 e. The first kappa shape index (κ1) is 18.1. The molecule has 0 aliphatic rings. The van der Waals surface area contributed by atoms with E-state index in [1.54, 1.807) is 30.3 Å². The summed E-state index contributed by atoms with van der Waals surface area (Å²) >= 11 is 0. The zero-order valence-electron chi connectivity index (χ0n) is 13.6. The molecule has 0 spiro atoms. The second-order valence-corrected chi connectivity index (χ2v) is 5.36. The average molecular weight is 330 g/mol.